The van der Waals surface area contributed by atoms with Gasteiger partial charge < -0.3 is 25.0 Å². The highest BCUT2D eigenvalue weighted by atomic mass is 16.7. The van der Waals surface area contributed by atoms with E-state index in [1.807, 2.05) is 61.5 Å². The standard InChI is InChI=1S/C21H20N4O3/c1-25(2)17-6-3-15(4-7-17)24-21(26)14-9-10-22-20(11-14)23-16-5-8-18-19(12-16)28-13-27-18/h3-12H,13H2,1-2H3,(H,22,23)(H,24,26). The maximum absolute atomic E-state index is 12.6. The molecule has 1 aliphatic heterocycles. The zero-order chi connectivity index (χ0) is 19.5. The van der Waals surface area contributed by atoms with Gasteiger partial charge in [0.25, 0.3) is 5.91 Å². The number of pyridine rings is 1. The van der Waals surface area contributed by atoms with Crippen molar-refractivity contribution >= 4 is 28.8 Å². The summed E-state index contributed by atoms with van der Waals surface area (Å²) in [5.74, 6) is 1.76. The number of benzene rings is 2. The molecule has 28 heavy (non-hydrogen) atoms. The van der Waals surface area contributed by atoms with Crippen LogP contribution in [0.1, 0.15) is 10.4 Å². The molecule has 1 amide bonds. The summed E-state index contributed by atoms with van der Waals surface area (Å²) in [6.07, 6.45) is 1.60. The molecule has 2 heterocycles. The zero-order valence-corrected chi connectivity index (χ0v) is 15.6. The number of amides is 1. The SMILES string of the molecule is CN(C)c1ccc(NC(=O)c2ccnc(Nc3ccc4c(c3)OCO4)c2)cc1. The highest BCUT2D eigenvalue weighted by Gasteiger charge is 2.14. The largest absolute Gasteiger partial charge is 0.454 e. The normalized spacial score (nSPS) is 11.8. The zero-order valence-electron chi connectivity index (χ0n) is 15.6. The molecule has 0 bridgehead atoms. The molecule has 1 aromatic heterocycles. The van der Waals surface area contributed by atoms with Gasteiger partial charge in [0.15, 0.2) is 11.5 Å². The van der Waals surface area contributed by atoms with E-state index in [2.05, 4.69) is 15.6 Å². The van der Waals surface area contributed by atoms with Gasteiger partial charge >= 0.3 is 0 Å². The molecule has 0 fully saturated rings. The van der Waals surface area contributed by atoms with Crippen molar-refractivity contribution in [3.63, 3.8) is 0 Å². The third kappa shape index (κ3) is 3.83. The summed E-state index contributed by atoms with van der Waals surface area (Å²) in [6, 6.07) is 16.6. The summed E-state index contributed by atoms with van der Waals surface area (Å²) in [4.78, 5) is 18.9. The van der Waals surface area contributed by atoms with Crippen LogP contribution in [0, 0.1) is 0 Å². The number of carbonyl (C=O) groups is 1. The molecule has 4 rings (SSSR count). The Morgan fingerprint density at radius 3 is 2.50 bits per heavy atom. The molecule has 1 aliphatic rings. The highest BCUT2D eigenvalue weighted by molar-refractivity contribution is 6.04. The van der Waals surface area contributed by atoms with Crippen LogP contribution in [0.25, 0.3) is 0 Å². The number of nitrogens with zero attached hydrogens (tertiary/aromatic N) is 2. The van der Waals surface area contributed by atoms with Crippen LogP contribution in [0.2, 0.25) is 0 Å². The minimum Gasteiger partial charge on any atom is -0.454 e. The quantitative estimate of drug-likeness (QED) is 0.704. The number of hydrogen-bond donors (Lipinski definition) is 2. The van der Waals surface area contributed by atoms with Crippen molar-refractivity contribution in [3.8, 4) is 11.5 Å². The van der Waals surface area contributed by atoms with Gasteiger partial charge in [-0.15, -0.1) is 0 Å². The second-order valence-corrected chi connectivity index (χ2v) is 6.52. The van der Waals surface area contributed by atoms with Crippen molar-refractivity contribution in [1.29, 1.82) is 0 Å². The molecule has 7 heteroatoms. The Labute approximate surface area is 162 Å². The molecule has 3 aromatic rings. The Bertz CT molecular complexity index is 1000. The molecular formula is C21H20N4O3. The van der Waals surface area contributed by atoms with Crippen LogP contribution in [-0.2, 0) is 0 Å². The molecule has 2 aromatic carbocycles. The van der Waals surface area contributed by atoms with Crippen LogP contribution in [0.15, 0.2) is 60.8 Å². The first kappa shape index (κ1) is 17.7. The molecule has 0 saturated carbocycles. The predicted molar refractivity (Wildman–Crippen MR) is 109 cm³/mol. The maximum atomic E-state index is 12.6. The van der Waals surface area contributed by atoms with Gasteiger partial charge in [-0.2, -0.15) is 0 Å². The van der Waals surface area contributed by atoms with Crippen LogP contribution < -0.4 is 25.0 Å². The first-order valence-corrected chi connectivity index (χ1v) is 8.80. The summed E-state index contributed by atoms with van der Waals surface area (Å²) >= 11 is 0. The molecule has 0 spiro atoms. The maximum Gasteiger partial charge on any atom is 0.255 e. The van der Waals surface area contributed by atoms with E-state index < -0.39 is 0 Å². The van der Waals surface area contributed by atoms with Crippen LogP contribution in [0.4, 0.5) is 22.9 Å². The van der Waals surface area contributed by atoms with Crippen molar-refractivity contribution in [3.05, 3.63) is 66.4 Å². The molecule has 0 aliphatic carbocycles. The van der Waals surface area contributed by atoms with E-state index in [9.17, 15) is 4.79 Å². The number of hydrogen-bond acceptors (Lipinski definition) is 6. The number of anilines is 4. The van der Waals surface area contributed by atoms with Crippen LogP contribution in [0.5, 0.6) is 11.5 Å². The van der Waals surface area contributed by atoms with E-state index in [-0.39, 0.29) is 12.7 Å². The number of rotatable bonds is 5. The van der Waals surface area contributed by atoms with Gasteiger partial charge in [-0.05, 0) is 48.5 Å². The lowest BCUT2D eigenvalue weighted by molar-refractivity contribution is 0.102. The Hall–Kier alpha value is -3.74. The molecular weight excluding hydrogens is 356 g/mol. The van der Waals surface area contributed by atoms with Gasteiger partial charge in [0.1, 0.15) is 5.82 Å². The minimum atomic E-state index is -0.200. The van der Waals surface area contributed by atoms with Gasteiger partial charge in [0.05, 0.1) is 0 Å². The Morgan fingerprint density at radius 2 is 1.71 bits per heavy atom. The molecule has 0 saturated heterocycles. The van der Waals surface area contributed by atoms with Crippen molar-refractivity contribution in [2.75, 3.05) is 36.4 Å². The van der Waals surface area contributed by atoms with Crippen molar-refractivity contribution in [2.24, 2.45) is 0 Å². The van der Waals surface area contributed by atoms with E-state index in [4.69, 9.17) is 9.47 Å². The lowest BCUT2D eigenvalue weighted by atomic mass is 10.2. The summed E-state index contributed by atoms with van der Waals surface area (Å²) < 4.78 is 10.7. The fraction of sp³-hybridized carbons (Fsp3) is 0.143. The molecule has 0 radical (unpaired) electrons. The fourth-order valence-corrected chi connectivity index (χ4v) is 2.81. The van der Waals surface area contributed by atoms with Gasteiger partial charge in [-0.1, -0.05) is 0 Å². The Kier molecular flexibility index (Phi) is 4.72. The highest BCUT2D eigenvalue weighted by Crippen LogP contribution is 2.34. The van der Waals surface area contributed by atoms with Gasteiger partial charge in [0.2, 0.25) is 6.79 Å². The molecule has 0 atom stereocenters. The second kappa shape index (κ2) is 7.48. The van der Waals surface area contributed by atoms with Crippen molar-refractivity contribution in [2.45, 2.75) is 0 Å². The number of nitrogens with one attached hydrogen (secondary N) is 2. The first-order chi connectivity index (χ1) is 13.6. The van der Waals surface area contributed by atoms with E-state index in [1.165, 1.54) is 0 Å². The fourth-order valence-electron chi connectivity index (χ4n) is 2.81. The van der Waals surface area contributed by atoms with E-state index >= 15 is 0 Å². The van der Waals surface area contributed by atoms with Crippen molar-refractivity contribution in [1.82, 2.24) is 4.98 Å². The first-order valence-electron chi connectivity index (χ1n) is 8.80. The Morgan fingerprint density at radius 1 is 0.964 bits per heavy atom. The summed E-state index contributed by atoms with van der Waals surface area (Å²) in [5, 5.41) is 6.08. The average Bonchev–Trinajstić information content (AvgIpc) is 3.16. The third-order valence-electron chi connectivity index (χ3n) is 4.31. The molecule has 0 unspecified atom stereocenters. The lowest BCUT2D eigenvalue weighted by Crippen LogP contribution is -2.13. The van der Waals surface area contributed by atoms with Crippen LogP contribution in [-0.4, -0.2) is 31.8 Å². The smallest absolute Gasteiger partial charge is 0.255 e. The van der Waals surface area contributed by atoms with Gasteiger partial charge in [-0.3, -0.25) is 4.79 Å². The topological polar surface area (TPSA) is 75.7 Å². The van der Waals surface area contributed by atoms with E-state index in [0.29, 0.717) is 22.9 Å². The second-order valence-electron chi connectivity index (χ2n) is 6.52. The molecule has 2 N–H and O–H groups in total. The Balaban J connectivity index is 1.46. The van der Waals surface area contributed by atoms with Gasteiger partial charge in [-0.25, -0.2) is 4.98 Å². The predicted octanol–water partition coefficient (Wildman–Crippen LogP) is 3.87. The average molecular weight is 376 g/mol. The summed E-state index contributed by atoms with van der Waals surface area (Å²) in [6.45, 7) is 0.224. The third-order valence-corrected chi connectivity index (χ3v) is 4.31. The molecule has 7 nitrogen and oxygen atoms in total. The number of ether oxygens (including phenoxy) is 2. The molecule has 142 valence electrons. The van der Waals surface area contributed by atoms with E-state index in [0.717, 1.165) is 17.1 Å². The summed E-state index contributed by atoms with van der Waals surface area (Å²) in [7, 11) is 3.94. The number of carbonyl (C=O) groups excluding carboxylic acids is 1. The van der Waals surface area contributed by atoms with Crippen molar-refractivity contribution < 1.29 is 14.3 Å². The van der Waals surface area contributed by atoms with Crippen LogP contribution >= 0.6 is 0 Å². The summed E-state index contributed by atoms with van der Waals surface area (Å²) in [5.41, 5.74) is 3.11. The number of aromatic nitrogens is 1. The monoisotopic (exact) mass is 376 g/mol. The lowest BCUT2D eigenvalue weighted by Gasteiger charge is -2.13. The van der Waals surface area contributed by atoms with E-state index in [1.54, 1.807) is 18.3 Å². The van der Waals surface area contributed by atoms with Crippen LogP contribution in [0.3, 0.4) is 0 Å². The minimum absolute atomic E-state index is 0.200. The van der Waals surface area contributed by atoms with Gasteiger partial charge in [0, 0.05) is 49.0 Å². The number of fused-ring (bicyclic) bond motifs is 1.